The quantitative estimate of drug-likeness (QED) is 0.728. The summed E-state index contributed by atoms with van der Waals surface area (Å²) in [7, 11) is 0. The lowest BCUT2D eigenvalue weighted by molar-refractivity contribution is 0.0178. The fourth-order valence-electron chi connectivity index (χ4n) is 2.28. The van der Waals surface area contributed by atoms with E-state index in [1.165, 1.54) is 6.07 Å². The summed E-state index contributed by atoms with van der Waals surface area (Å²) in [6.45, 7) is 0.572. The van der Waals surface area contributed by atoms with Crippen molar-refractivity contribution in [3.05, 3.63) is 72.6 Å². The largest absolute Gasteiger partial charge is 0.389 e. The summed E-state index contributed by atoms with van der Waals surface area (Å²) >= 11 is 0. The second kappa shape index (κ2) is 7.21. The van der Waals surface area contributed by atoms with Gasteiger partial charge in [0.25, 0.3) is 0 Å². The highest BCUT2D eigenvalue weighted by molar-refractivity contribution is 5.26. The third-order valence-electron chi connectivity index (χ3n) is 3.45. The predicted molar refractivity (Wildman–Crippen MR) is 83.6 cm³/mol. The summed E-state index contributed by atoms with van der Waals surface area (Å²) in [5.41, 5.74) is 1.41. The van der Waals surface area contributed by atoms with Gasteiger partial charge in [-0.2, -0.15) is 5.10 Å². The minimum atomic E-state index is -0.709. The molecule has 1 N–H and O–H groups in total. The van der Waals surface area contributed by atoms with Gasteiger partial charge >= 0.3 is 0 Å². The molecule has 0 aliphatic rings. The second-order valence-electron chi connectivity index (χ2n) is 5.27. The number of hydrogen-bond acceptors (Lipinski definition) is 3. The molecule has 2 aromatic heterocycles. The molecule has 0 saturated heterocycles. The van der Waals surface area contributed by atoms with E-state index in [1.54, 1.807) is 29.1 Å². The van der Waals surface area contributed by atoms with Crippen LogP contribution < -0.4 is 0 Å². The van der Waals surface area contributed by atoms with E-state index in [4.69, 9.17) is 4.74 Å². The van der Waals surface area contributed by atoms with Crippen LogP contribution in [0.1, 0.15) is 5.56 Å². The number of halogens is 1. The Bertz CT molecular complexity index is 740. The second-order valence-corrected chi connectivity index (χ2v) is 5.27. The molecular weight excluding hydrogens is 297 g/mol. The maximum atomic E-state index is 13.4. The Balaban J connectivity index is 1.48. The van der Waals surface area contributed by atoms with Gasteiger partial charge < -0.3 is 14.4 Å². The molecule has 0 saturated carbocycles. The van der Waals surface area contributed by atoms with Crippen molar-refractivity contribution in [3.8, 4) is 5.69 Å². The van der Waals surface area contributed by atoms with Gasteiger partial charge in [0.2, 0.25) is 0 Å². The molecule has 3 rings (SSSR count). The summed E-state index contributed by atoms with van der Waals surface area (Å²) in [6.07, 6.45) is 6.72. The summed E-state index contributed by atoms with van der Waals surface area (Å²) in [5.74, 6) is -0.301. The van der Waals surface area contributed by atoms with Gasteiger partial charge in [-0.25, -0.2) is 4.39 Å². The van der Waals surface area contributed by atoms with Crippen molar-refractivity contribution >= 4 is 0 Å². The first-order chi connectivity index (χ1) is 11.2. The normalized spacial score (nSPS) is 12.4. The number of ether oxygens (including phenoxy) is 1. The monoisotopic (exact) mass is 315 g/mol. The summed E-state index contributed by atoms with van der Waals surface area (Å²) in [5, 5.41) is 14.2. The van der Waals surface area contributed by atoms with Gasteiger partial charge in [-0.05, 0) is 18.2 Å². The maximum Gasteiger partial charge on any atom is 0.128 e. The first kappa shape index (κ1) is 15.5. The lowest BCUT2D eigenvalue weighted by Crippen LogP contribution is -2.22. The van der Waals surface area contributed by atoms with Gasteiger partial charge in [-0.15, -0.1) is 0 Å². The molecular formula is C17H18FN3O2. The van der Waals surface area contributed by atoms with Crippen molar-refractivity contribution in [2.45, 2.75) is 19.3 Å². The van der Waals surface area contributed by atoms with Crippen LogP contribution in [0.3, 0.4) is 0 Å². The lowest BCUT2D eigenvalue weighted by atomic mass is 10.2. The van der Waals surface area contributed by atoms with Crippen LogP contribution in [0.15, 0.2) is 61.2 Å². The van der Waals surface area contributed by atoms with Crippen LogP contribution >= 0.6 is 0 Å². The van der Waals surface area contributed by atoms with E-state index in [0.29, 0.717) is 12.1 Å². The highest BCUT2D eigenvalue weighted by atomic mass is 19.1. The van der Waals surface area contributed by atoms with Gasteiger partial charge in [-0.3, -0.25) is 4.68 Å². The zero-order valence-corrected chi connectivity index (χ0v) is 12.5. The van der Waals surface area contributed by atoms with E-state index in [2.05, 4.69) is 5.10 Å². The lowest BCUT2D eigenvalue weighted by Gasteiger charge is -2.11. The number of benzene rings is 1. The average molecular weight is 315 g/mol. The third-order valence-corrected chi connectivity index (χ3v) is 3.45. The third kappa shape index (κ3) is 4.06. The minimum Gasteiger partial charge on any atom is -0.389 e. The molecule has 0 spiro atoms. The standard InChI is InChI=1S/C17H18FN3O2/c18-17-6-2-1-5-14(17)12-23-13-16(22)11-21-10-15(9-19-21)20-7-3-4-8-20/h1-10,16,22H,11-13H2/t16-/m0/s1. The van der Waals surface area contributed by atoms with E-state index < -0.39 is 6.10 Å². The van der Waals surface area contributed by atoms with Gasteiger partial charge in [-0.1, -0.05) is 18.2 Å². The molecule has 1 aromatic carbocycles. The average Bonchev–Trinajstić information content (AvgIpc) is 3.20. The van der Waals surface area contributed by atoms with Gasteiger partial charge in [0, 0.05) is 24.2 Å². The molecule has 120 valence electrons. The van der Waals surface area contributed by atoms with Crippen LogP contribution in [0.4, 0.5) is 4.39 Å². The Morgan fingerprint density at radius 1 is 1.17 bits per heavy atom. The number of nitrogens with zero attached hydrogens (tertiary/aromatic N) is 3. The number of hydrogen-bond donors (Lipinski definition) is 1. The zero-order chi connectivity index (χ0) is 16.1. The molecule has 0 unspecified atom stereocenters. The van der Waals surface area contributed by atoms with E-state index in [-0.39, 0.29) is 19.0 Å². The number of aromatic nitrogens is 3. The smallest absolute Gasteiger partial charge is 0.128 e. The fraction of sp³-hybridized carbons (Fsp3) is 0.235. The van der Waals surface area contributed by atoms with Crippen molar-refractivity contribution in [2.75, 3.05) is 6.61 Å². The van der Waals surface area contributed by atoms with Gasteiger partial charge in [0.1, 0.15) is 5.82 Å². The Morgan fingerprint density at radius 3 is 2.74 bits per heavy atom. The van der Waals surface area contributed by atoms with E-state index >= 15 is 0 Å². The van der Waals surface area contributed by atoms with Crippen molar-refractivity contribution in [1.29, 1.82) is 0 Å². The highest BCUT2D eigenvalue weighted by Crippen LogP contribution is 2.09. The Hall–Kier alpha value is -2.44. The molecule has 6 heteroatoms. The van der Waals surface area contributed by atoms with Crippen molar-refractivity contribution < 1.29 is 14.2 Å². The molecule has 0 amide bonds. The SMILES string of the molecule is O[C@H](COCc1ccccc1F)Cn1cc(-n2cccc2)cn1. The molecule has 3 aromatic rings. The van der Waals surface area contributed by atoms with Crippen molar-refractivity contribution in [2.24, 2.45) is 0 Å². The van der Waals surface area contributed by atoms with Crippen LogP contribution in [-0.4, -0.2) is 32.2 Å². The molecule has 0 fully saturated rings. The number of aliphatic hydroxyl groups excluding tert-OH is 1. The maximum absolute atomic E-state index is 13.4. The molecule has 1 atom stereocenters. The van der Waals surface area contributed by atoms with E-state index in [0.717, 1.165) is 5.69 Å². The Morgan fingerprint density at radius 2 is 1.96 bits per heavy atom. The van der Waals surface area contributed by atoms with Crippen LogP contribution in [0.5, 0.6) is 0 Å². The fourth-order valence-corrected chi connectivity index (χ4v) is 2.28. The van der Waals surface area contributed by atoms with Gasteiger partial charge in [0.05, 0.1) is 37.7 Å². The Labute approximate surface area is 133 Å². The molecule has 23 heavy (non-hydrogen) atoms. The van der Waals surface area contributed by atoms with Gasteiger partial charge in [0.15, 0.2) is 0 Å². The zero-order valence-electron chi connectivity index (χ0n) is 12.5. The molecule has 2 heterocycles. The first-order valence-electron chi connectivity index (χ1n) is 7.37. The summed E-state index contributed by atoms with van der Waals surface area (Å²) in [4.78, 5) is 0. The summed E-state index contributed by atoms with van der Waals surface area (Å²) in [6, 6.07) is 10.3. The molecule has 0 bridgehead atoms. The van der Waals surface area contributed by atoms with Crippen LogP contribution in [0.25, 0.3) is 5.69 Å². The van der Waals surface area contributed by atoms with Crippen LogP contribution in [0.2, 0.25) is 0 Å². The van der Waals surface area contributed by atoms with E-state index in [9.17, 15) is 9.50 Å². The molecule has 0 radical (unpaired) electrons. The minimum absolute atomic E-state index is 0.118. The van der Waals surface area contributed by atoms with Crippen molar-refractivity contribution in [3.63, 3.8) is 0 Å². The molecule has 0 aliphatic carbocycles. The highest BCUT2D eigenvalue weighted by Gasteiger charge is 2.09. The number of aliphatic hydroxyl groups is 1. The topological polar surface area (TPSA) is 52.2 Å². The predicted octanol–water partition coefficient (Wildman–Crippen LogP) is 2.39. The first-order valence-corrected chi connectivity index (χ1v) is 7.37. The van der Waals surface area contributed by atoms with Crippen LogP contribution in [0, 0.1) is 5.82 Å². The number of rotatable bonds is 7. The molecule has 5 nitrogen and oxygen atoms in total. The van der Waals surface area contributed by atoms with Crippen LogP contribution in [-0.2, 0) is 17.9 Å². The molecule has 0 aliphatic heterocycles. The van der Waals surface area contributed by atoms with E-state index in [1.807, 2.05) is 35.3 Å². The summed E-state index contributed by atoms with van der Waals surface area (Å²) < 4.78 is 22.4. The van der Waals surface area contributed by atoms with Crippen molar-refractivity contribution in [1.82, 2.24) is 14.3 Å². The Kier molecular flexibility index (Phi) is 4.85.